The Morgan fingerprint density at radius 1 is 1.25 bits per heavy atom. The van der Waals surface area contributed by atoms with E-state index in [0.717, 1.165) is 43.6 Å². The van der Waals surface area contributed by atoms with Crippen LogP contribution >= 0.6 is 0 Å². The molecule has 1 aliphatic heterocycles. The highest BCUT2D eigenvalue weighted by Crippen LogP contribution is 2.28. The highest BCUT2D eigenvalue weighted by Gasteiger charge is 2.22. The minimum atomic E-state index is 0.0736. The third-order valence-corrected chi connectivity index (χ3v) is 3.85. The minimum absolute atomic E-state index is 0.0736. The number of fused-ring (bicyclic) bond motifs is 1. The van der Waals surface area contributed by atoms with Crippen LogP contribution in [-0.2, 0) is 13.0 Å². The van der Waals surface area contributed by atoms with Crippen LogP contribution in [0.3, 0.4) is 0 Å². The number of benzene rings is 1. The molecule has 3 nitrogen and oxygen atoms in total. The fraction of sp³-hybridized carbons (Fsp3) is 0.353. The summed E-state index contributed by atoms with van der Waals surface area (Å²) in [6.07, 6.45) is 3.06. The van der Waals surface area contributed by atoms with Gasteiger partial charge in [0.25, 0.3) is 5.91 Å². The molecule has 2 aromatic rings. The molecule has 0 fully saturated rings. The van der Waals surface area contributed by atoms with E-state index in [9.17, 15) is 4.79 Å². The summed E-state index contributed by atoms with van der Waals surface area (Å²) in [7, 11) is 0. The fourth-order valence-electron chi connectivity index (χ4n) is 2.94. The van der Waals surface area contributed by atoms with Gasteiger partial charge in [0.15, 0.2) is 0 Å². The third-order valence-electron chi connectivity index (χ3n) is 3.85. The Labute approximate surface area is 119 Å². The van der Waals surface area contributed by atoms with Crippen molar-refractivity contribution in [1.82, 2.24) is 9.88 Å². The maximum absolute atomic E-state index is 12.2. The number of hydrogen-bond donors (Lipinski definition) is 1. The second kappa shape index (κ2) is 5.53. The molecule has 0 unspecified atom stereocenters. The van der Waals surface area contributed by atoms with Gasteiger partial charge in [-0.25, -0.2) is 0 Å². The van der Waals surface area contributed by atoms with Crippen LogP contribution in [0.25, 0.3) is 11.3 Å². The first-order chi connectivity index (χ1) is 9.81. The molecule has 3 rings (SSSR count). The Kier molecular flexibility index (Phi) is 3.59. The maximum Gasteiger partial charge on any atom is 0.253 e. The molecular weight excluding hydrogens is 248 g/mol. The number of aromatic nitrogens is 1. The predicted octanol–water partition coefficient (Wildman–Crippen LogP) is 3.24. The van der Waals surface area contributed by atoms with Crippen LogP contribution < -0.4 is 5.32 Å². The SMILES string of the molecule is CCCn1c(-c2ccccc2)cc2c1CCCNC2=O. The van der Waals surface area contributed by atoms with Crippen LogP contribution in [0.4, 0.5) is 0 Å². The zero-order valence-corrected chi connectivity index (χ0v) is 11.9. The quantitative estimate of drug-likeness (QED) is 0.911. The molecule has 0 radical (unpaired) electrons. The highest BCUT2D eigenvalue weighted by molar-refractivity contribution is 5.97. The zero-order valence-electron chi connectivity index (χ0n) is 11.9. The molecule has 2 heterocycles. The van der Waals surface area contributed by atoms with Gasteiger partial charge in [-0.3, -0.25) is 4.79 Å². The lowest BCUT2D eigenvalue weighted by Crippen LogP contribution is -2.22. The molecule has 1 aromatic carbocycles. The zero-order chi connectivity index (χ0) is 13.9. The summed E-state index contributed by atoms with van der Waals surface area (Å²) in [6.45, 7) is 3.92. The van der Waals surface area contributed by atoms with E-state index in [1.165, 1.54) is 11.3 Å². The van der Waals surface area contributed by atoms with E-state index >= 15 is 0 Å². The van der Waals surface area contributed by atoms with Gasteiger partial charge in [-0.05, 0) is 30.9 Å². The second-order valence-electron chi connectivity index (χ2n) is 5.27. The first-order valence-electron chi connectivity index (χ1n) is 7.37. The van der Waals surface area contributed by atoms with Crippen LogP contribution in [0.2, 0.25) is 0 Å². The maximum atomic E-state index is 12.2. The third kappa shape index (κ3) is 2.24. The largest absolute Gasteiger partial charge is 0.352 e. The van der Waals surface area contributed by atoms with Gasteiger partial charge in [0.2, 0.25) is 0 Å². The topological polar surface area (TPSA) is 34.0 Å². The summed E-state index contributed by atoms with van der Waals surface area (Å²) in [4.78, 5) is 12.2. The first kappa shape index (κ1) is 13.0. The van der Waals surface area contributed by atoms with E-state index in [4.69, 9.17) is 0 Å². The van der Waals surface area contributed by atoms with E-state index in [1.54, 1.807) is 0 Å². The Hall–Kier alpha value is -2.03. The Morgan fingerprint density at radius 3 is 2.80 bits per heavy atom. The van der Waals surface area contributed by atoms with Crippen LogP contribution in [-0.4, -0.2) is 17.0 Å². The first-order valence-corrected chi connectivity index (χ1v) is 7.37. The molecule has 1 aliphatic rings. The predicted molar refractivity (Wildman–Crippen MR) is 80.8 cm³/mol. The Balaban J connectivity index is 2.15. The second-order valence-corrected chi connectivity index (χ2v) is 5.27. The lowest BCUT2D eigenvalue weighted by molar-refractivity contribution is 0.0956. The van der Waals surface area contributed by atoms with Gasteiger partial charge >= 0.3 is 0 Å². The van der Waals surface area contributed by atoms with Crippen LogP contribution in [0.15, 0.2) is 36.4 Å². The van der Waals surface area contributed by atoms with Crippen molar-refractivity contribution in [2.24, 2.45) is 0 Å². The van der Waals surface area contributed by atoms with Crippen molar-refractivity contribution < 1.29 is 4.79 Å². The summed E-state index contributed by atoms with van der Waals surface area (Å²) in [5.74, 6) is 0.0736. The van der Waals surface area contributed by atoms with Gasteiger partial charge in [0.1, 0.15) is 0 Å². The molecule has 0 aliphatic carbocycles. The molecule has 0 bridgehead atoms. The van der Waals surface area contributed by atoms with E-state index in [1.807, 2.05) is 18.2 Å². The number of hydrogen-bond acceptors (Lipinski definition) is 1. The van der Waals surface area contributed by atoms with Gasteiger partial charge in [-0.1, -0.05) is 37.3 Å². The minimum Gasteiger partial charge on any atom is -0.352 e. The highest BCUT2D eigenvalue weighted by atomic mass is 16.1. The van der Waals surface area contributed by atoms with Crippen LogP contribution in [0, 0.1) is 0 Å². The molecule has 1 amide bonds. The summed E-state index contributed by atoms with van der Waals surface area (Å²) in [5, 5.41) is 2.98. The molecule has 0 atom stereocenters. The number of amides is 1. The van der Waals surface area contributed by atoms with Gasteiger partial charge in [0, 0.05) is 24.5 Å². The molecule has 0 saturated carbocycles. The molecule has 104 valence electrons. The molecule has 3 heteroatoms. The summed E-state index contributed by atoms with van der Waals surface area (Å²) < 4.78 is 2.33. The normalized spacial score (nSPS) is 14.6. The number of nitrogens with zero attached hydrogens (tertiary/aromatic N) is 1. The van der Waals surface area contributed by atoms with Gasteiger partial charge in [-0.2, -0.15) is 0 Å². The number of carbonyl (C=O) groups excluding carboxylic acids is 1. The smallest absolute Gasteiger partial charge is 0.253 e. The number of rotatable bonds is 3. The van der Waals surface area contributed by atoms with Gasteiger partial charge < -0.3 is 9.88 Å². The molecule has 1 aromatic heterocycles. The summed E-state index contributed by atoms with van der Waals surface area (Å²) >= 11 is 0. The van der Waals surface area contributed by atoms with Crippen LogP contribution in [0.5, 0.6) is 0 Å². The Bertz CT molecular complexity index is 613. The van der Waals surface area contributed by atoms with E-state index < -0.39 is 0 Å². The van der Waals surface area contributed by atoms with Crippen LogP contribution in [0.1, 0.15) is 35.8 Å². The summed E-state index contributed by atoms with van der Waals surface area (Å²) in [6, 6.07) is 12.4. The molecule has 20 heavy (non-hydrogen) atoms. The monoisotopic (exact) mass is 268 g/mol. The van der Waals surface area contributed by atoms with E-state index in [2.05, 4.69) is 35.0 Å². The van der Waals surface area contributed by atoms with E-state index in [-0.39, 0.29) is 5.91 Å². The number of carbonyl (C=O) groups is 1. The molecule has 0 spiro atoms. The number of nitrogens with one attached hydrogen (secondary N) is 1. The molecule has 1 N–H and O–H groups in total. The molecule has 0 saturated heterocycles. The van der Waals surface area contributed by atoms with Crippen molar-refractivity contribution >= 4 is 5.91 Å². The van der Waals surface area contributed by atoms with Gasteiger partial charge in [0.05, 0.1) is 5.56 Å². The lowest BCUT2D eigenvalue weighted by atomic mass is 10.1. The Morgan fingerprint density at radius 2 is 2.05 bits per heavy atom. The standard InChI is InChI=1S/C17H20N2O/c1-2-11-19-15-9-6-10-18-17(20)14(15)12-16(19)13-7-4-3-5-8-13/h3-5,7-8,12H,2,6,9-11H2,1H3,(H,18,20). The lowest BCUT2D eigenvalue weighted by Gasteiger charge is -2.12. The van der Waals surface area contributed by atoms with Crippen molar-refractivity contribution in [1.29, 1.82) is 0 Å². The molecular formula is C17H20N2O. The average Bonchev–Trinajstić information content (AvgIpc) is 2.73. The summed E-state index contributed by atoms with van der Waals surface area (Å²) in [5.41, 5.74) is 4.40. The van der Waals surface area contributed by atoms with Crippen molar-refractivity contribution in [3.8, 4) is 11.3 Å². The fourth-order valence-corrected chi connectivity index (χ4v) is 2.94. The van der Waals surface area contributed by atoms with E-state index in [0.29, 0.717) is 0 Å². The van der Waals surface area contributed by atoms with Crippen molar-refractivity contribution in [3.05, 3.63) is 47.7 Å². The average molecular weight is 268 g/mol. The van der Waals surface area contributed by atoms with Gasteiger partial charge in [-0.15, -0.1) is 0 Å². The van der Waals surface area contributed by atoms with Crippen molar-refractivity contribution in [3.63, 3.8) is 0 Å². The van der Waals surface area contributed by atoms with Crippen molar-refractivity contribution in [2.45, 2.75) is 32.7 Å². The van der Waals surface area contributed by atoms with Crippen molar-refractivity contribution in [2.75, 3.05) is 6.54 Å².